The molecule has 1 N–H and O–H groups in total. The Morgan fingerprint density at radius 3 is 2.86 bits per heavy atom. The lowest BCUT2D eigenvalue weighted by Gasteiger charge is -2.14. The summed E-state index contributed by atoms with van der Waals surface area (Å²) < 4.78 is 7.51. The van der Waals surface area contributed by atoms with E-state index in [4.69, 9.17) is 9.84 Å². The molecule has 0 bridgehead atoms. The maximum absolute atomic E-state index is 11.8. The third-order valence-corrected chi connectivity index (χ3v) is 4.48. The van der Waals surface area contributed by atoms with Crippen LogP contribution < -0.4 is 0 Å². The van der Waals surface area contributed by atoms with E-state index < -0.39 is 18.0 Å². The first-order chi connectivity index (χ1) is 9.93. The van der Waals surface area contributed by atoms with Crippen molar-refractivity contribution < 1.29 is 19.4 Å². The van der Waals surface area contributed by atoms with E-state index in [0.717, 1.165) is 26.4 Å². The number of thioether (sulfide) groups is 1. The molecule has 0 spiro atoms. The molecule has 112 valence electrons. The Morgan fingerprint density at radius 2 is 2.24 bits per heavy atom. The molecular weight excluding hydrogens is 407 g/mol. The average Bonchev–Trinajstić information content (AvgIpc) is 2.80. The Labute approximate surface area is 139 Å². The number of carbonyl (C=O) groups excluding carboxylic acids is 1. The van der Waals surface area contributed by atoms with Crippen molar-refractivity contribution in [2.75, 3.05) is 12.9 Å². The molecule has 0 fully saturated rings. The number of rotatable bonds is 5. The molecule has 21 heavy (non-hydrogen) atoms. The van der Waals surface area contributed by atoms with Crippen molar-refractivity contribution in [2.24, 2.45) is 0 Å². The van der Waals surface area contributed by atoms with Gasteiger partial charge in [0.1, 0.15) is 6.04 Å². The number of hydrogen-bond acceptors (Lipinski definition) is 5. The zero-order chi connectivity index (χ0) is 15.6. The molecule has 1 unspecified atom stereocenters. The summed E-state index contributed by atoms with van der Waals surface area (Å²) in [6, 6.07) is 5.10. The first kappa shape index (κ1) is 16.1. The molecule has 1 atom stereocenters. The fraction of sp³-hybridized carbons (Fsp3) is 0.308. The molecule has 0 saturated carbocycles. The van der Waals surface area contributed by atoms with Crippen LogP contribution in [-0.4, -0.2) is 39.5 Å². The molecular formula is C13H13IN2O4S. The molecule has 0 aliphatic rings. The summed E-state index contributed by atoms with van der Waals surface area (Å²) in [4.78, 5) is 27.0. The minimum atomic E-state index is -0.932. The molecule has 1 aromatic heterocycles. The van der Waals surface area contributed by atoms with Crippen molar-refractivity contribution in [1.82, 2.24) is 9.55 Å². The van der Waals surface area contributed by atoms with Gasteiger partial charge in [0.15, 0.2) is 5.16 Å². The van der Waals surface area contributed by atoms with Gasteiger partial charge in [-0.2, -0.15) is 0 Å². The number of carboxylic acids is 1. The summed E-state index contributed by atoms with van der Waals surface area (Å²) >= 11 is 3.26. The summed E-state index contributed by atoms with van der Waals surface area (Å²) in [6.07, 6.45) is 0. The fourth-order valence-corrected chi connectivity index (χ4v) is 3.21. The number of carbonyl (C=O) groups is 2. The number of methoxy groups -OCH3 is 1. The Morgan fingerprint density at radius 1 is 1.52 bits per heavy atom. The maximum Gasteiger partial charge on any atom is 0.328 e. The molecule has 8 heteroatoms. The highest BCUT2D eigenvalue weighted by molar-refractivity contribution is 14.1. The van der Waals surface area contributed by atoms with Crippen LogP contribution in [0.2, 0.25) is 0 Å². The van der Waals surface area contributed by atoms with Crippen LogP contribution in [0.4, 0.5) is 0 Å². The monoisotopic (exact) mass is 420 g/mol. The van der Waals surface area contributed by atoms with Gasteiger partial charge < -0.3 is 14.4 Å². The normalized spacial score (nSPS) is 12.3. The maximum atomic E-state index is 11.8. The fourth-order valence-electron chi connectivity index (χ4n) is 1.93. The number of aliphatic carboxylic acids is 1. The predicted octanol–water partition coefficient (Wildman–Crippen LogP) is 2.55. The van der Waals surface area contributed by atoms with Crippen molar-refractivity contribution in [2.45, 2.75) is 18.1 Å². The summed E-state index contributed by atoms with van der Waals surface area (Å²) in [5.41, 5.74) is 1.51. The van der Waals surface area contributed by atoms with Crippen molar-refractivity contribution in [3.8, 4) is 0 Å². The number of ether oxygens (including phenoxy) is 1. The van der Waals surface area contributed by atoms with E-state index in [-0.39, 0.29) is 5.75 Å². The van der Waals surface area contributed by atoms with Gasteiger partial charge >= 0.3 is 11.9 Å². The topological polar surface area (TPSA) is 81.4 Å². The van der Waals surface area contributed by atoms with Crippen LogP contribution in [0, 0.1) is 3.57 Å². The third-order valence-electron chi connectivity index (χ3n) is 2.87. The number of esters is 1. The highest BCUT2D eigenvalue weighted by Crippen LogP contribution is 2.29. The zero-order valence-corrected chi connectivity index (χ0v) is 14.3. The van der Waals surface area contributed by atoms with Gasteiger partial charge in [-0.1, -0.05) is 11.8 Å². The third kappa shape index (κ3) is 3.49. The van der Waals surface area contributed by atoms with Crippen LogP contribution in [0.3, 0.4) is 0 Å². The van der Waals surface area contributed by atoms with Crippen molar-refractivity contribution in [3.63, 3.8) is 0 Å². The summed E-state index contributed by atoms with van der Waals surface area (Å²) in [5, 5.41) is 9.32. The van der Waals surface area contributed by atoms with E-state index in [1.807, 2.05) is 18.2 Å². The number of halogens is 1. The minimum absolute atomic E-state index is 0.117. The van der Waals surface area contributed by atoms with Crippen LogP contribution in [0.15, 0.2) is 23.4 Å². The van der Waals surface area contributed by atoms with Gasteiger partial charge in [0, 0.05) is 3.57 Å². The number of carboxylic acid groups (broad SMARTS) is 1. The summed E-state index contributed by atoms with van der Waals surface area (Å²) in [6.45, 7) is 1.70. The Balaban J connectivity index is 2.54. The molecule has 6 nitrogen and oxygen atoms in total. The number of aromatic nitrogens is 2. The van der Waals surface area contributed by atoms with Gasteiger partial charge in [-0.25, -0.2) is 9.78 Å². The highest BCUT2D eigenvalue weighted by atomic mass is 127. The van der Waals surface area contributed by atoms with E-state index in [1.165, 1.54) is 7.11 Å². The molecule has 1 aromatic carbocycles. The Bertz CT molecular complexity index is 701. The summed E-state index contributed by atoms with van der Waals surface area (Å²) in [5.74, 6) is -1.45. The van der Waals surface area contributed by atoms with Crippen molar-refractivity contribution >= 4 is 57.3 Å². The lowest BCUT2D eigenvalue weighted by molar-refractivity contribution is -0.144. The van der Waals surface area contributed by atoms with Crippen LogP contribution >= 0.6 is 34.4 Å². The molecule has 2 aromatic rings. The van der Waals surface area contributed by atoms with Crippen LogP contribution in [0.25, 0.3) is 11.0 Å². The number of hydrogen-bond donors (Lipinski definition) is 1. The van der Waals surface area contributed by atoms with E-state index in [1.54, 1.807) is 11.5 Å². The van der Waals surface area contributed by atoms with Gasteiger partial charge in [-0.15, -0.1) is 0 Å². The second-order valence-electron chi connectivity index (χ2n) is 4.28. The lowest BCUT2D eigenvalue weighted by atomic mass is 10.3. The number of nitrogens with zero attached hydrogens (tertiary/aromatic N) is 2. The van der Waals surface area contributed by atoms with E-state index in [0.29, 0.717) is 5.16 Å². The van der Waals surface area contributed by atoms with Gasteiger partial charge in [-0.05, 0) is 47.7 Å². The molecule has 0 aliphatic carbocycles. The van der Waals surface area contributed by atoms with Crippen LogP contribution in [-0.2, 0) is 14.3 Å². The average molecular weight is 420 g/mol. The number of benzene rings is 1. The van der Waals surface area contributed by atoms with Gasteiger partial charge in [0.05, 0.1) is 23.9 Å². The van der Waals surface area contributed by atoms with Crippen LogP contribution in [0.1, 0.15) is 13.0 Å². The Kier molecular flexibility index (Phi) is 5.09. The quantitative estimate of drug-likeness (QED) is 0.455. The van der Waals surface area contributed by atoms with Crippen molar-refractivity contribution in [1.29, 1.82) is 0 Å². The lowest BCUT2D eigenvalue weighted by Crippen LogP contribution is -2.18. The first-order valence-electron chi connectivity index (χ1n) is 6.04. The molecule has 1 heterocycles. The predicted molar refractivity (Wildman–Crippen MR) is 87.5 cm³/mol. The SMILES string of the molecule is COC(=O)C(C)n1c(SCC(=O)O)nc2cc(I)ccc21. The molecule has 0 aliphatic heterocycles. The minimum Gasteiger partial charge on any atom is -0.481 e. The highest BCUT2D eigenvalue weighted by Gasteiger charge is 2.23. The van der Waals surface area contributed by atoms with Gasteiger partial charge in [-0.3, -0.25) is 4.79 Å². The van der Waals surface area contributed by atoms with E-state index in [9.17, 15) is 9.59 Å². The number of fused-ring (bicyclic) bond motifs is 1. The first-order valence-corrected chi connectivity index (χ1v) is 8.10. The van der Waals surface area contributed by atoms with Gasteiger partial charge in [0.2, 0.25) is 0 Å². The molecule has 2 rings (SSSR count). The van der Waals surface area contributed by atoms with E-state index in [2.05, 4.69) is 27.6 Å². The second kappa shape index (κ2) is 6.65. The smallest absolute Gasteiger partial charge is 0.328 e. The largest absolute Gasteiger partial charge is 0.481 e. The Hall–Kier alpha value is -1.29. The summed E-state index contributed by atoms with van der Waals surface area (Å²) in [7, 11) is 1.32. The van der Waals surface area contributed by atoms with Crippen molar-refractivity contribution in [3.05, 3.63) is 21.8 Å². The van der Waals surface area contributed by atoms with E-state index >= 15 is 0 Å². The zero-order valence-electron chi connectivity index (χ0n) is 11.4. The standard InChI is InChI=1S/C13H13IN2O4S/c1-7(12(19)20-2)16-10-4-3-8(14)5-9(10)15-13(16)21-6-11(17)18/h3-5,7H,6H2,1-2H3,(H,17,18). The van der Waals surface area contributed by atoms with Crippen LogP contribution in [0.5, 0.6) is 0 Å². The van der Waals surface area contributed by atoms with Gasteiger partial charge in [0.25, 0.3) is 0 Å². The molecule has 0 radical (unpaired) electrons. The second-order valence-corrected chi connectivity index (χ2v) is 6.47. The molecule has 0 saturated heterocycles. The molecule has 0 amide bonds. The number of imidazole rings is 1.